The summed E-state index contributed by atoms with van der Waals surface area (Å²) in [6.45, 7) is -1.08. The van der Waals surface area contributed by atoms with E-state index < -0.39 is 18.6 Å². The molecule has 7 nitrogen and oxygen atoms in total. The summed E-state index contributed by atoms with van der Waals surface area (Å²) in [5, 5.41) is 18.5. The molecule has 0 fully saturated rings. The molecule has 0 saturated heterocycles. The maximum Gasteiger partial charge on any atom is 0.406 e. The fraction of sp³-hybridized carbons (Fsp3) is 0.357. The van der Waals surface area contributed by atoms with E-state index in [9.17, 15) is 18.0 Å². The Labute approximate surface area is 145 Å². The van der Waals surface area contributed by atoms with Gasteiger partial charge < -0.3 is 5.32 Å². The van der Waals surface area contributed by atoms with Crippen LogP contribution >= 0.6 is 11.8 Å². The molecule has 2 heterocycles. The highest BCUT2D eigenvalue weighted by Crippen LogP contribution is 2.28. The monoisotopic (exact) mass is 370 g/mol. The Kier molecular flexibility index (Phi) is 6.35. The van der Waals surface area contributed by atoms with Crippen molar-refractivity contribution >= 4 is 17.7 Å². The first kappa shape index (κ1) is 18.7. The molecule has 11 heteroatoms. The van der Waals surface area contributed by atoms with E-state index in [0.29, 0.717) is 5.56 Å². The van der Waals surface area contributed by atoms with Crippen LogP contribution in [0.2, 0.25) is 0 Å². The first-order chi connectivity index (χ1) is 11.9. The van der Waals surface area contributed by atoms with Gasteiger partial charge in [0.05, 0.1) is 18.2 Å². The van der Waals surface area contributed by atoms with E-state index in [1.54, 1.807) is 0 Å². The topological polar surface area (TPSA) is 96.5 Å². The number of aromatic nitrogens is 4. The third-order valence-corrected chi connectivity index (χ3v) is 3.85. The standard InChI is InChI=1S/C14H13F3N6OS/c15-14(16,17)9-23-12(10-2-6-19-7-3-10)21-22-13(23)25-8-11(24)20-5-1-4-18/h2-3,6-7H,1,5,8-9H2,(H,20,24). The maximum absolute atomic E-state index is 12.9. The molecule has 0 atom stereocenters. The number of hydrogen-bond donors (Lipinski definition) is 1. The molecule has 0 spiro atoms. The molecule has 132 valence electrons. The van der Waals surface area contributed by atoms with Gasteiger partial charge in [-0.05, 0) is 12.1 Å². The molecule has 0 aliphatic carbocycles. The molecule has 0 unspecified atom stereocenters. The summed E-state index contributed by atoms with van der Waals surface area (Å²) in [7, 11) is 0. The summed E-state index contributed by atoms with van der Waals surface area (Å²) in [4.78, 5) is 15.5. The molecule has 2 aromatic rings. The number of nitriles is 1. The number of nitrogens with one attached hydrogen (secondary N) is 1. The number of amides is 1. The second-order valence-electron chi connectivity index (χ2n) is 4.79. The highest BCUT2D eigenvalue weighted by molar-refractivity contribution is 7.99. The van der Waals surface area contributed by atoms with Crippen LogP contribution in [0.25, 0.3) is 11.4 Å². The lowest BCUT2D eigenvalue weighted by atomic mass is 10.2. The normalized spacial score (nSPS) is 11.1. The third kappa shape index (κ3) is 5.75. The highest BCUT2D eigenvalue weighted by atomic mass is 32.2. The number of thioether (sulfide) groups is 1. The lowest BCUT2D eigenvalue weighted by molar-refractivity contribution is -0.141. The average Bonchev–Trinajstić information content (AvgIpc) is 2.95. The van der Waals surface area contributed by atoms with Crippen LogP contribution < -0.4 is 5.32 Å². The molecule has 0 radical (unpaired) electrons. The van der Waals surface area contributed by atoms with Crippen LogP contribution in [0.5, 0.6) is 0 Å². The predicted molar refractivity (Wildman–Crippen MR) is 83.3 cm³/mol. The summed E-state index contributed by atoms with van der Waals surface area (Å²) in [6.07, 6.45) is -1.42. The zero-order chi connectivity index (χ0) is 18.3. The van der Waals surface area contributed by atoms with Crippen LogP contribution in [-0.2, 0) is 11.3 Å². The van der Waals surface area contributed by atoms with Crippen LogP contribution in [0.1, 0.15) is 6.42 Å². The fourth-order valence-corrected chi connectivity index (χ4v) is 2.64. The molecule has 0 saturated carbocycles. The van der Waals surface area contributed by atoms with Crippen LogP contribution in [0.15, 0.2) is 29.7 Å². The van der Waals surface area contributed by atoms with Crippen LogP contribution in [-0.4, -0.2) is 44.1 Å². The van der Waals surface area contributed by atoms with E-state index in [1.165, 1.54) is 24.5 Å². The Morgan fingerprint density at radius 2 is 2.04 bits per heavy atom. The van der Waals surface area contributed by atoms with Crippen molar-refractivity contribution in [3.05, 3.63) is 24.5 Å². The summed E-state index contributed by atoms with van der Waals surface area (Å²) in [5.74, 6) is -0.475. The van der Waals surface area contributed by atoms with Gasteiger partial charge >= 0.3 is 6.18 Å². The van der Waals surface area contributed by atoms with Crippen molar-refractivity contribution in [3.8, 4) is 17.5 Å². The van der Waals surface area contributed by atoms with Crippen molar-refractivity contribution in [1.82, 2.24) is 25.1 Å². The molecule has 25 heavy (non-hydrogen) atoms. The molecular formula is C14H13F3N6OS. The Morgan fingerprint density at radius 1 is 1.32 bits per heavy atom. The number of alkyl halides is 3. The number of halogens is 3. The van der Waals surface area contributed by atoms with E-state index in [1.807, 2.05) is 6.07 Å². The first-order valence-electron chi connectivity index (χ1n) is 7.07. The van der Waals surface area contributed by atoms with Crippen molar-refractivity contribution in [2.75, 3.05) is 12.3 Å². The molecule has 2 rings (SSSR count). The van der Waals surface area contributed by atoms with Crippen molar-refractivity contribution in [1.29, 1.82) is 5.26 Å². The molecule has 1 N–H and O–H groups in total. The number of hydrogen-bond acceptors (Lipinski definition) is 6. The van der Waals surface area contributed by atoms with E-state index in [2.05, 4.69) is 20.5 Å². The quantitative estimate of drug-likeness (QED) is 0.592. The Hall–Kier alpha value is -2.61. The number of carbonyl (C=O) groups is 1. The van der Waals surface area contributed by atoms with Gasteiger partial charge in [-0.3, -0.25) is 14.3 Å². The van der Waals surface area contributed by atoms with Gasteiger partial charge in [-0.15, -0.1) is 10.2 Å². The zero-order valence-corrected chi connectivity index (χ0v) is 13.6. The lowest BCUT2D eigenvalue weighted by Gasteiger charge is -2.12. The van der Waals surface area contributed by atoms with Gasteiger partial charge in [0.1, 0.15) is 6.54 Å². The van der Waals surface area contributed by atoms with E-state index in [0.717, 1.165) is 16.3 Å². The summed E-state index contributed by atoms with van der Waals surface area (Å²) in [6, 6.07) is 4.93. The molecule has 0 aliphatic rings. The smallest absolute Gasteiger partial charge is 0.354 e. The number of pyridine rings is 1. The van der Waals surface area contributed by atoms with Gasteiger partial charge in [0, 0.05) is 24.5 Å². The Bertz CT molecular complexity index is 756. The minimum atomic E-state index is -4.46. The van der Waals surface area contributed by atoms with E-state index in [-0.39, 0.29) is 29.7 Å². The summed E-state index contributed by atoms with van der Waals surface area (Å²) >= 11 is 0.848. The largest absolute Gasteiger partial charge is 0.406 e. The fourth-order valence-electron chi connectivity index (χ4n) is 1.87. The molecule has 2 aromatic heterocycles. The van der Waals surface area contributed by atoms with Crippen LogP contribution in [0, 0.1) is 11.3 Å². The SMILES string of the molecule is N#CCCNC(=O)CSc1nnc(-c2ccncc2)n1CC(F)(F)F. The second kappa shape index (κ2) is 8.48. The number of carbonyl (C=O) groups excluding carboxylic acids is 1. The molecule has 0 aromatic carbocycles. The van der Waals surface area contributed by atoms with E-state index in [4.69, 9.17) is 5.26 Å². The second-order valence-corrected chi connectivity index (χ2v) is 5.73. The minimum Gasteiger partial charge on any atom is -0.354 e. The van der Waals surface area contributed by atoms with Gasteiger partial charge in [0.2, 0.25) is 5.91 Å². The van der Waals surface area contributed by atoms with Crippen molar-refractivity contribution in [3.63, 3.8) is 0 Å². The minimum absolute atomic E-state index is 0.0143. The maximum atomic E-state index is 12.9. The van der Waals surface area contributed by atoms with Gasteiger partial charge in [0.15, 0.2) is 11.0 Å². The Morgan fingerprint density at radius 3 is 2.68 bits per heavy atom. The summed E-state index contributed by atoms with van der Waals surface area (Å²) in [5.41, 5.74) is 0.442. The van der Waals surface area contributed by atoms with Crippen molar-refractivity contribution < 1.29 is 18.0 Å². The molecular weight excluding hydrogens is 357 g/mol. The predicted octanol–water partition coefficient (Wildman–Crippen LogP) is 2.02. The van der Waals surface area contributed by atoms with Gasteiger partial charge in [-0.2, -0.15) is 18.4 Å². The first-order valence-corrected chi connectivity index (χ1v) is 8.06. The summed E-state index contributed by atoms with van der Waals surface area (Å²) < 4.78 is 39.6. The average molecular weight is 370 g/mol. The Balaban J connectivity index is 2.16. The van der Waals surface area contributed by atoms with Gasteiger partial charge in [-0.1, -0.05) is 11.8 Å². The van der Waals surface area contributed by atoms with Gasteiger partial charge in [-0.25, -0.2) is 0 Å². The molecule has 0 bridgehead atoms. The van der Waals surface area contributed by atoms with Gasteiger partial charge in [0.25, 0.3) is 0 Å². The van der Waals surface area contributed by atoms with Crippen LogP contribution in [0.3, 0.4) is 0 Å². The number of nitrogens with zero attached hydrogens (tertiary/aromatic N) is 5. The van der Waals surface area contributed by atoms with Crippen molar-refractivity contribution in [2.45, 2.75) is 24.3 Å². The zero-order valence-electron chi connectivity index (χ0n) is 12.8. The van der Waals surface area contributed by atoms with Crippen molar-refractivity contribution in [2.24, 2.45) is 0 Å². The molecule has 0 aliphatic heterocycles. The lowest BCUT2D eigenvalue weighted by Crippen LogP contribution is -2.26. The molecule has 1 amide bonds. The highest BCUT2D eigenvalue weighted by Gasteiger charge is 2.31. The third-order valence-electron chi connectivity index (χ3n) is 2.88. The van der Waals surface area contributed by atoms with Crippen LogP contribution in [0.4, 0.5) is 13.2 Å². The van der Waals surface area contributed by atoms with E-state index >= 15 is 0 Å². The number of rotatable bonds is 7.